The fraction of sp³-hybridized carbons (Fsp3) is 0.714. The number of rotatable bonds is 4. The molecule has 1 fully saturated rings. The number of hydrogen-bond acceptors (Lipinski definition) is 5. The molecule has 2 heterocycles. The number of carbonyl (C=O) groups is 1. The summed E-state index contributed by atoms with van der Waals surface area (Å²) in [6.45, 7) is 9.19. The van der Waals surface area contributed by atoms with E-state index < -0.39 is 11.2 Å². The molecule has 1 aromatic rings. The van der Waals surface area contributed by atoms with Crippen LogP contribution in [0.1, 0.15) is 33.4 Å². The van der Waals surface area contributed by atoms with Crippen molar-refractivity contribution in [2.75, 3.05) is 13.6 Å². The second-order valence-electron chi connectivity index (χ2n) is 6.31. The van der Waals surface area contributed by atoms with Crippen LogP contribution in [-0.2, 0) is 16.1 Å². The van der Waals surface area contributed by atoms with Crippen molar-refractivity contribution in [2.24, 2.45) is 5.92 Å². The third-order valence-electron chi connectivity index (χ3n) is 3.68. The van der Waals surface area contributed by atoms with E-state index in [1.54, 1.807) is 11.3 Å². The second-order valence-corrected chi connectivity index (χ2v) is 7.03. The monoisotopic (exact) mass is 282 g/mol. The molecule has 19 heavy (non-hydrogen) atoms. The Balaban J connectivity index is 2.03. The summed E-state index contributed by atoms with van der Waals surface area (Å²) < 4.78 is 5.91. The summed E-state index contributed by atoms with van der Waals surface area (Å²) in [6, 6.07) is 0. The van der Waals surface area contributed by atoms with Crippen molar-refractivity contribution < 1.29 is 9.53 Å². The second kappa shape index (κ2) is 4.96. The van der Waals surface area contributed by atoms with Gasteiger partial charge in [0.25, 0.3) is 0 Å². The smallest absolute Gasteiger partial charge is 0.171 e. The minimum atomic E-state index is -0.671. The number of ketones is 1. The van der Waals surface area contributed by atoms with Crippen molar-refractivity contribution in [3.8, 4) is 0 Å². The Morgan fingerprint density at radius 3 is 2.58 bits per heavy atom. The Morgan fingerprint density at radius 1 is 1.42 bits per heavy atom. The van der Waals surface area contributed by atoms with Crippen molar-refractivity contribution >= 4 is 17.1 Å². The number of ether oxygens (including phenoxy) is 1. The van der Waals surface area contributed by atoms with E-state index in [2.05, 4.69) is 9.88 Å². The van der Waals surface area contributed by atoms with Gasteiger partial charge in [-0.05, 0) is 34.7 Å². The van der Waals surface area contributed by atoms with E-state index in [1.807, 2.05) is 45.6 Å². The minimum absolute atomic E-state index is 0.0915. The molecule has 0 aliphatic carbocycles. The van der Waals surface area contributed by atoms with Gasteiger partial charge >= 0.3 is 0 Å². The summed E-state index contributed by atoms with van der Waals surface area (Å²) in [7, 11) is 2.02. The molecule has 1 aliphatic rings. The Hall–Kier alpha value is -0.780. The van der Waals surface area contributed by atoms with E-state index in [9.17, 15) is 4.79 Å². The third kappa shape index (κ3) is 3.04. The van der Waals surface area contributed by atoms with Gasteiger partial charge in [0.05, 0.1) is 22.7 Å². The molecule has 0 bridgehead atoms. The quantitative estimate of drug-likeness (QED) is 0.850. The SMILES string of the molecule is CN(Cc1cscn1)CC1C(=O)C(C)(C)OC1(C)C. The van der Waals surface area contributed by atoms with Crippen LogP contribution in [0.3, 0.4) is 0 Å². The highest BCUT2D eigenvalue weighted by molar-refractivity contribution is 7.07. The van der Waals surface area contributed by atoms with Crippen LogP contribution >= 0.6 is 11.3 Å². The molecule has 1 unspecified atom stereocenters. The zero-order valence-electron chi connectivity index (χ0n) is 12.3. The summed E-state index contributed by atoms with van der Waals surface area (Å²) in [5.74, 6) is 0.105. The lowest BCUT2D eigenvalue weighted by atomic mass is 9.85. The predicted molar refractivity (Wildman–Crippen MR) is 76.2 cm³/mol. The van der Waals surface area contributed by atoms with Crippen LogP contribution in [0.4, 0.5) is 0 Å². The first kappa shape index (κ1) is 14.6. The number of Topliss-reactive ketones (excluding diaryl/α,β-unsaturated/α-hetero) is 1. The van der Waals surface area contributed by atoms with Gasteiger partial charge in [-0.3, -0.25) is 9.69 Å². The summed E-state index contributed by atoms with van der Waals surface area (Å²) in [5.41, 5.74) is 1.81. The van der Waals surface area contributed by atoms with Crippen molar-refractivity contribution in [1.82, 2.24) is 9.88 Å². The highest BCUT2D eigenvalue weighted by Gasteiger charge is 2.53. The highest BCUT2D eigenvalue weighted by Crippen LogP contribution is 2.39. The fourth-order valence-electron chi connectivity index (χ4n) is 2.79. The fourth-order valence-corrected chi connectivity index (χ4v) is 3.34. The average molecular weight is 282 g/mol. The van der Waals surface area contributed by atoms with Gasteiger partial charge in [-0.15, -0.1) is 11.3 Å². The van der Waals surface area contributed by atoms with E-state index in [4.69, 9.17) is 4.74 Å². The first-order valence-electron chi connectivity index (χ1n) is 6.52. The number of carbonyl (C=O) groups excluding carboxylic acids is 1. The largest absolute Gasteiger partial charge is 0.361 e. The van der Waals surface area contributed by atoms with Gasteiger partial charge in [0, 0.05) is 18.5 Å². The Bertz CT molecular complexity index is 454. The third-order valence-corrected chi connectivity index (χ3v) is 4.31. The van der Waals surface area contributed by atoms with E-state index >= 15 is 0 Å². The molecule has 4 nitrogen and oxygen atoms in total. The van der Waals surface area contributed by atoms with E-state index in [1.165, 1.54) is 0 Å². The van der Waals surface area contributed by atoms with Crippen LogP contribution in [-0.4, -0.2) is 40.5 Å². The molecule has 106 valence electrons. The van der Waals surface area contributed by atoms with Crippen LogP contribution < -0.4 is 0 Å². The van der Waals surface area contributed by atoms with Crippen LogP contribution in [0.5, 0.6) is 0 Å². The average Bonchev–Trinajstić information content (AvgIpc) is 2.80. The lowest BCUT2D eigenvalue weighted by Gasteiger charge is -2.28. The van der Waals surface area contributed by atoms with E-state index in [-0.39, 0.29) is 11.7 Å². The van der Waals surface area contributed by atoms with Gasteiger partial charge in [0.2, 0.25) is 0 Å². The molecule has 0 radical (unpaired) electrons. The molecule has 0 amide bonds. The number of nitrogens with zero attached hydrogens (tertiary/aromatic N) is 2. The first-order valence-corrected chi connectivity index (χ1v) is 7.47. The summed E-state index contributed by atoms with van der Waals surface area (Å²) in [4.78, 5) is 18.8. The summed E-state index contributed by atoms with van der Waals surface area (Å²) >= 11 is 1.59. The van der Waals surface area contributed by atoms with E-state index in [0.717, 1.165) is 12.2 Å². The Morgan fingerprint density at radius 2 is 2.11 bits per heavy atom. The Kier molecular flexibility index (Phi) is 3.82. The normalized spacial score (nSPS) is 25.2. The number of thiazole rings is 1. The standard InChI is InChI=1S/C14H22N2O2S/c1-13(2)11(12(17)14(3,4)18-13)7-16(5)6-10-8-19-9-15-10/h8-9,11H,6-7H2,1-5H3. The molecular formula is C14H22N2O2S. The number of hydrogen-bond donors (Lipinski definition) is 0. The molecule has 1 atom stereocenters. The van der Waals surface area contributed by atoms with Crippen molar-refractivity contribution in [2.45, 2.75) is 45.4 Å². The van der Waals surface area contributed by atoms with Gasteiger partial charge in [-0.25, -0.2) is 4.98 Å². The minimum Gasteiger partial charge on any atom is -0.361 e. The molecule has 0 N–H and O–H groups in total. The molecule has 5 heteroatoms. The van der Waals surface area contributed by atoms with Gasteiger partial charge < -0.3 is 4.74 Å². The van der Waals surface area contributed by atoms with Gasteiger partial charge in [0.1, 0.15) is 5.60 Å². The Labute approximate surface area is 118 Å². The van der Waals surface area contributed by atoms with Crippen molar-refractivity contribution in [1.29, 1.82) is 0 Å². The maximum atomic E-state index is 12.4. The first-order chi connectivity index (χ1) is 8.72. The van der Waals surface area contributed by atoms with Crippen LogP contribution in [0.25, 0.3) is 0 Å². The van der Waals surface area contributed by atoms with Crippen LogP contribution in [0, 0.1) is 5.92 Å². The number of aromatic nitrogens is 1. The van der Waals surface area contributed by atoms with Gasteiger partial charge in [-0.1, -0.05) is 0 Å². The molecule has 0 spiro atoms. The maximum absolute atomic E-state index is 12.4. The lowest BCUT2D eigenvalue weighted by Crippen LogP contribution is -2.39. The van der Waals surface area contributed by atoms with Gasteiger partial charge in [0.15, 0.2) is 5.78 Å². The highest BCUT2D eigenvalue weighted by atomic mass is 32.1. The molecule has 1 aromatic heterocycles. The maximum Gasteiger partial charge on any atom is 0.171 e. The molecular weight excluding hydrogens is 260 g/mol. The van der Waals surface area contributed by atoms with Crippen molar-refractivity contribution in [3.05, 3.63) is 16.6 Å². The molecule has 0 saturated carbocycles. The molecule has 2 rings (SSSR count). The zero-order chi connectivity index (χ0) is 14.3. The van der Waals surface area contributed by atoms with Crippen molar-refractivity contribution in [3.63, 3.8) is 0 Å². The predicted octanol–water partition coefficient (Wildman–Crippen LogP) is 2.35. The topological polar surface area (TPSA) is 42.4 Å². The van der Waals surface area contributed by atoms with Crippen LogP contribution in [0.15, 0.2) is 10.9 Å². The van der Waals surface area contributed by atoms with Gasteiger partial charge in [-0.2, -0.15) is 0 Å². The zero-order valence-corrected chi connectivity index (χ0v) is 13.1. The molecule has 1 aliphatic heterocycles. The van der Waals surface area contributed by atoms with Crippen LogP contribution in [0.2, 0.25) is 0 Å². The summed E-state index contributed by atoms with van der Waals surface area (Å²) in [5, 5.41) is 2.04. The molecule has 1 saturated heterocycles. The summed E-state index contributed by atoms with van der Waals surface area (Å²) in [6.07, 6.45) is 0. The molecule has 0 aromatic carbocycles. The van der Waals surface area contributed by atoms with E-state index in [0.29, 0.717) is 6.54 Å². The lowest BCUT2D eigenvalue weighted by molar-refractivity contribution is -0.132.